The van der Waals surface area contributed by atoms with Crippen LogP contribution in [0.15, 0.2) is 30.3 Å². The summed E-state index contributed by atoms with van der Waals surface area (Å²) in [4.78, 5) is 0. The van der Waals surface area contributed by atoms with Gasteiger partial charge in [-0.15, -0.1) is 0 Å². The van der Waals surface area contributed by atoms with Gasteiger partial charge in [0.1, 0.15) is 0 Å². The summed E-state index contributed by atoms with van der Waals surface area (Å²) >= 11 is 0. The molecule has 1 aliphatic heterocycles. The van der Waals surface area contributed by atoms with Gasteiger partial charge in [-0.25, -0.2) is 8.42 Å². The van der Waals surface area contributed by atoms with Crippen LogP contribution in [-0.4, -0.2) is 32.1 Å². The number of ether oxygens (including phenoxy) is 1. The largest absolute Gasteiger partial charge is 0.368 e. The summed E-state index contributed by atoms with van der Waals surface area (Å²) in [6, 6.07) is 9.73. The van der Waals surface area contributed by atoms with E-state index in [2.05, 4.69) is 0 Å². The van der Waals surface area contributed by atoms with Crippen LogP contribution in [-0.2, 0) is 21.2 Å². The highest BCUT2D eigenvalue weighted by Crippen LogP contribution is 2.31. The third-order valence-corrected chi connectivity index (χ3v) is 4.89. The van der Waals surface area contributed by atoms with Crippen LogP contribution in [0.25, 0.3) is 0 Å². The van der Waals surface area contributed by atoms with E-state index in [0.29, 0.717) is 19.6 Å². The first-order valence-electron chi connectivity index (χ1n) is 5.64. The summed E-state index contributed by atoms with van der Waals surface area (Å²) in [5.41, 5.74) is 6.00. The van der Waals surface area contributed by atoms with E-state index in [9.17, 15) is 8.42 Å². The maximum absolute atomic E-state index is 11.3. The molecule has 1 saturated heterocycles. The molecule has 0 unspecified atom stereocenters. The van der Waals surface area contributed by atoms with Gasteiger partial charge in [0.05, 0.1) is 23.7 Å². The molecule has 1 fully saturated rings. The van der Waals surface area contributed by atoms with Crippen LogP contribution in [0, 0.1) is 0 Å². The fraction of sp³-hybridized carbons (Fsp3) is 0.500. The molecule has 0 saturated carbocycles. The van der Waals surface area contributed by atoms with Crippen molar-refractivity contribution < 1.29 is 13.2 Å². The van der Waals surface area contributed by atoms with Crippen molar-refractivity contribution in [1.82, 2.24) is 0 Å². The molecule has 1 aliphatic rings. The smallest absolute Gasteiger partial charge is 0.156 e. The highest BCUT2D eigenvalue weighted by molar-refractivity contribution is 7.93. The van der Waals surface area contributed by atoms with Gasteiger partial charge in [0.15, 0.2) is 9.84 Å². The lowest BCUT2D eigenvalue weighted by Gasteiger charge is -2.40. The zero-order chi connectivity index (χ0) is 12.4. The molecular formula is C12H17NO3S. The first kappa shape index (κ1) is 12.5. The van der Waals surface area contributed by atoms with Crippen LogP contribution in [0.1, 0.15) is 12.0 Å². The van der Waals surface area contributed by atoms with E-state index in [1.807, 2.05) is 30.3 Å². The molecule has 94 valence electrons. The van der Waals surface area contributed by atoms with Crippen LogP contribution in [0.2, 0.25) is 0 Å². The lowest BCUT2D eigenvalue weighted by atomic mass is 10.0. The topological polar surface area (TPSA) is 69.4 Å². The summed E-state index contributed by atoms with van der Waals surface area (Å²) in [5.74, 6) is 0.202. The minimum atomic E-state index is -2.90. The van der Waals surface area contributed by atoms with Crippen molar-refractivity contribution in [2.24, 2.45) is 5.73 Å². The van der Waals surface area contributed by atoms with Gasteiger partial charge in [-0.1, -0.05) is 30.3 Å². The Morgan fingerprint density at radius 2 is 1.88 bits per heavy atom. The van der Waals surface area contributed by atoms with Crippen molar-refractivity contribution in [3.05, 3.63) is 35.9 Å². The monoisotopic (exact) mass is 255 g/mol. The Hall–Kier alpha value is -0.910. The Kier molecular flexibility index (Phi) is 3.51. The molecule has 0 radical (unpaired) electrons. The summed E-state index contributed by atoms with van der Waals surface area (Å²) in [7, 11) is -2.90. The number of nitrogens with two attached hydrogens (primary N) is 1. The van der Waals surface area contributed by atoms with Crippen molar-refractivity contribution in [3.63, 3.8) is 0 Å². The first-order valence-corrected chi connectivity index (χ1v) is 7.46. The van der Waals surface area contributed by atoms with Crippen LogP contribution in [0.4, 0.5) is 0 Å². The molecule has 1 aromatic rings. The molecule has 17 heavy (non-hydrogen) atoms. The minimum absolute atomic E-state index is 0.101. The molecule has 0 spiro atoms. The van der Waals surface area contributed by atoms with E-state index < -0.39 is 15.4 Å². The number of hydrogen-bond acceptors (Lipinski definition) is 4. The fourth-order valence-electron chi connectivity index (χ4n) is 2.13. The van der Waals surface area contributed by atoms with Crippen molar-refractivity contribution in [3.8, 4) is 0 Å². The summed E-state index contributed by atoms with van der Waals surface area (Å²) in [6.07, 6.45) is 0.596. The van der Waals surface area contributed by atoms with E-state index >= 15 is 0 Å². The molecule has 0 amide bonds. The molecule has 2 N–H and O–H groups in total. The third-order valence-electron chi connectivity index (χ3n) is 2.95. The zero-order valence-electron chi connectivity index (χ0n) is 9.63. The predicted molar refractivity (Wildman–Crippen MR) is 66.3 cm³/mol. The second kappa shape index (κ2) is 4.76. The molecule has 1 aromatic carbocycles. The lowest BCUT2D eigenvalue weighted by molar-refractivity contribution is -0.0384. The molecule has 0 atom stereocenters. The van der Waals surface area contributed by atoms with Crippen LogP contribution < -0.4 is 5.73 Å². The van der Waals surface area contributed by atoms with Crippen LogP contribution in [0.5, 0.6) is 0 Å². The van der Waals surface area contributed by atoms with Gasteiger partial charge in [-0.2, -0.15) is 0 Å². The van der Waals surface area contributed by atoms with Gasteiger partial charge < -0.3 is 10.5 Å². The van der Waals surface area contributed by atoms with Gasteiger partial charge in [0, 0.05) is 0 Å². The van der Waals surface area contributed by atoms with E-state index in [4.69, 9.17) is 10.5 Å². The molecule has 0 aromatic heterocycles. The number of rotatable bonds is 5. The van der Waals surface area contributed by atoms with Crippen molar-refractivity contribution in [1.29, 1.82) is 0 Å². The number of hydrogen-bond donors (Lipinski definition) is 1. The van der Waals surface area contributed by atoms with E-state index in [1.165, 1.54) is 0 Å². The summed E-state index contributed by atoms with van der Waals surface area (Å²) in [6.45, 7) is 0.890. The molecule has 0 aliphatic carbocycles. The average Bonchev–Trinajstić information content (AvgIpc) is 2.26. The van der Waals surface area contributed by atoms with Gasteiger partial charge in [-0.05, 0) is 18.5 Å². The normalized spacial score (nSPS) is 20.8. The SMILES string of the molecule is NCCC1(OCc2ccccc2)CS(=O)(=O)C1. The fourth-order valence-corrected chi connectivity index (χ4v) is 4.11. The Morgan fingerprint density at radius 1 is 1.24 bits per heavy atom. The first-order chi connectivity index (χ1) is 8.05. The van der Waals surface area contributed by atoms with E-state index in [1.54, 1.807) is 0 Å². The molecule has 0 bridgehead atoms. The molecule has 5 heteroatoms. The van der Waals surface area contributed by atoms with Gasteiger partial charge in [0.25, 0.3) is 0 Å². The summed E-state index contributed by atoms with van der Waals surface area (Å²) in [5, 5.41) is 0. The van der Waals surface area contributed by atoms with E-state index in [0.717, 1.165) is 5.56 Å². The highest BCUT2D eigenvalue weighted by atomic mass is 32.2. The molecular weight excluding hydrogens is 238 g/mol. The Bertz CT molecular complexity index is 458. The number of sulfone groups is 1. The van der Waals surface area contributed by atoms with Crippen molar-refractivity contribution in [2.75, 3.05) is 18.1 Å². The Morgan fingerprint density at radius 3 is 2.41 bits per heavy atom. The predicted octanol–water partition coefficient (Wildman–Crippen LogP) is 0.719. The maximum Gasteiger partial charge on any atom is 0.156 e. The maximum atomic E-state index is 11.3. The van der Waals surface area contributed by atoms with Gasteiger partial charge in [0.2, 0.25) is 0 Å². The van der Waals surface area contributed by atoms with E-state index in [-0.39, 0.29) is 11.5 Å². The Balaban J connectivity index is 1.96. The zero-order valence-corrected chi connectivity index (χ0v) is 10.4. The second-order valence-electron chi connectivity index (χ2n) is 4.53. The molecule has 2 rings (SSSR count). The van der Waals surface area contributed by atoms with Crippen LogP contribution >= 0.6 is 0 Å². The van der Waals surface area contributed by atoms with Crippen molar-refractivity contribution in [2.45, 2.75) is 18.6 Å². The van der Waals surface area contributed by atoms with Gasteiger partial charge in [-0.3, -0.25) is 0 Å². The number of benzene rings is 1. The van der Waals surface area contributed by atoms with Crippen LogP contribution in [0.3, 0.4) is 0 Å². The Labute approximate surface area is 102 Å². The molecule has 4 nitrogen and oxygen atoms in total. The summed E-state index contributed by atoms with van der Waals surface area (Å²) < 4.78 is 28.3. The molecule has 1 heterocycles. The highest BCUT2D eigenvalue weighted by Gasteiger charge is 2.48. The average molecular weight is 255 g/mol. The lowest BCUT2D eigenvalue weighted by Crippen LogP contribution is -2.57. The minimum Gasteiger partial charge on any atom is -0.368 e. The second-order valence-corrected chi connectivity index (χ2v) is 6.59. The van der Waals surface area contributed by atoms with Crippen molar-refractivity contribution >= 4 is 9.84 Å². The quantitative estimate of drug-likeness (QED) is 0.841. The standard InChI is InChI=1S/C12H17NO3S/c13-7-6-12(9-17(14,15)10-12)16-8-11-4-2-1-3-5-11/h1-5H,6-10,13H2. The van der Waals surface area contributed by atoms with Gasteiger partial charge >= 0.3 is 0 Å². The third kappa shape index (κ3) is 3.06.